The van der Waals surface area contributed by atoms with E-state index in [1.54, 1.807) is 18.5 Å². The van der Waals surface area contributed by atoms with Crippen LogP contribution >= 0.6 is 11.6 Å². The van der Waals surface area contributed by atoms with E-state index >= 15 is 0 Å². The maximum absolute atomic E-state index is 11.7. The summed E-state index contributed by atoms with van der Waals surface area (Å²) in [5.41, 5.74) is 9.56. The Morgan fingerprint density at radius 2 is 1.89 bits per heavy atom. The minimum Gasteiger partial charge on any atom is -0.494 e. The number of nitrogens with two attached hydrogens (primary N) is 1. The molecule has 6 heteroatoms. The highest BCUT2D eigenvalue weighted by molar-refractivity contribution is 6.31. The molecule has 0 spiro atoms. The van der Waals surface area contributed by atoms with Crippen molar-refractivity contribution >= 4 is 23.2 Å². The summed E-state index contributed by atoms with van der Waals surface area (Å²) >= 11 is 6.15. The Morgan fingerprint density at radius 3 is 2.56 bits per heavy atom. The molecule has 1 atom stereocenters. The summed E-state index contributed by atoms with van der Waals surface area (Å²) in [7, 11) is 1.50. The molecule has 1 aromatic heterocycles. The second-order valence-electron chi connectivity index (χ2n) is 6.13. The molecule has 0 fully saturated rings. The standard InChI is InChI=1S/C21H20ClN3O2/c1-13(15-4-3-5-16(10-15)14-6-8-24-9-7-14)25-19-12-17(22)11-18(21(23)26)20(19)27-2/h3-13,25H,1-2H3,(H2,23,26). The number of nitrogens with one attached hydrogen (secondary N) is 1. The molecule has 1 unspecified atom stereocenters. The van der Waals surface area contributed by atoms with Crippen LogP contribution in [0.25, 0.3) is 11.1 Å². The molecule has 0 aliphatic carbocycles. The number of hydrogen-bond acceptors (Lipinski definition) is 4. The second-order valence-corrected chi connectivity index (χ2v) is 6.56. The summed E-state index contributed by atoms with van der Waals surface area (Å²) < 4.78 is 5.39. The summed E-state index contributed by atoms with van der Waals surface area (Å²) in [6, 6.07) is 15.3. The van der Waals surface area contributed by atoms with Crippen LogP contribution in [0.3, 0.4) is 0 Å². The SMILES string of the molecule is COc1c(NC(C)c2cccc(-c3ccncc3)c2)cc(Cl)cc1C(N)=O. The summed E-state index contributed by atoms with van der Waals surface area (Å²) in [5.74, 6) is -0.214. The first-order valence-electron chi connectivity index (χ1n) is 8.44. The summed E-state index contributed by atoms with van der Waals surface area (Å²) in [6.07, 6.45) is 3.54. The number of pyridine rings is 1. The molecule has 1 heterocycles. The predicted octanol–water partition coefficient (Wildman–Crippen LogP) is 4.68. The number of amides is 1. The van der Waals surface area contributed by atoms with E-state index in [0.29, 0.717) is 16.5 Å². The van der Waals surface area contributed by atoms with Crippen molar-refractivity contribution in [2.45, 2.75) is 13.0 Å². The maximum Gasteiger partial charge on any atom is 0.252 e. The van der Waals surface area contributed by atoms with Crippen LogP contribution in [0.5, 0.6) is 5.75 Å². The fraction of sp³-hybridized carbons (Fsp3) is 0.143. The second kappa shape index (κ2) is 8.10. The Balaban J connectivity index is 1.92. The summed E-state index contributed by atoms with van der Waals surface area (Å²) in [5, 5.41) is 3.77. The lowest BCUT2D eigenvalue weighted by Gasteiger charge is -2.20. The van der Waals surface area contributed by atoms with Crippen molar-refractivity contribution in [1.82, 2.24) is 4.98 Å². The third-order valence-electron chi connectivity index (χ3n) is 4.30. The third kappa shape index (κ3) is 4.20. The molecule has 2 aromatic carbocycles. The number of aromatic nitrogens is 1. The highest BCUT2D eigenvalue weighted by atomic mass is 35.5. The van der Waals surface area contributed by atoms with Crippen LogP contribution < -0.4 is 15.8 Å². The van der Waals surface area contributed by atoms with Crippen LogP contribution in [0.4, 0.5) is 5.69 Å². The molecule has 3 rings (SSSR count). The molecular formula is C21H20ClN3O2. The van der Waals surface area contributed by atoms with Crippen LogP contribution in [0, 0.1) is 0 Å². The van der Waals surface area contributed by atoms with Gasteiger partial charge < -0.3 is 15.8 Å². The van der Waals surface area contributed by atoms with Crippen LogP contribution in [0.15, 0.2) is 60.9 Å². The van der Waals surface area contributed by atoms with E-state index in [1.807, 2.05) is 31.2 Å². The van der Waals surface area contributed by atoms with Gasteiger partial charge in [0, 0.05) is 23.5 Å². The molecule has 3 aromatic rings. The van der Waals surface area contributed by atoms with E-state index in [2.05, 4.69) is 22.4 Å². The number of carbonyl (C=O) groups is 1. The monoisotopic (exact) mass is 381 g/mol. The van der Waals surface area contributed by atoms with Crippen molar-refractivity contribution in [1.29, 1.82) is 0 Å². The van der Waals surface area contributed by atoms with Crippen molar-refractivity contribution in [3.8, 4) is 16.9 Å². The number of benzene rings is 2. The molecule has 5 nitrogen and oxygen atoms in total. The molecular weight excluding hydrogens is 362 g/mol. The van der Waals surface area contributed by atoms with Crippen LogP contribution in [0.2, 0.25) is 5.02 Å². The number of nitrogens with zero attached hydrogens (tertiary/aromatic N) is 1. The largest absolute Gasteiger partial charge is 0.494 e. The highest BCUT2D eigenvalue weighted by Crippen LogP contribution is 2.35. The Hall–Kier alpha value is -3.05. The molecule has 0 saturated carbocycles. The quantitative estimate of drug-likeness (QED) is 0.649. The first-order valence-corrected chi connectivity index (χ1v) is 8.81. The number of methoxy groups -OCH3 is 1. The van der Waals surface area contributed by atoms with E-state index in [1.165, 1.54) is 13.2 Å². The number of hydrogen-bond donors (Lipinski definition) is 2. The smallest absolute Gasteiger partial charge is 0.252 e. The van der Waals surface area contributed by atoms with Gasteiger partial charge in [-0.05, 0) is 53.9 Å². The van der Waals surface area contributed by atoms with Crippen molar-refractivity contribution in [3.63, 3.8) is 0 Å². The van der Waals surface area contributed by atoms with Gasteiger partial charge in [-0.25, -0.2) is 0 Å². The molecule has 1 amide bonds. The number of primary amides is 1. The van der Waals surface area contributed by atoms with E-state index in [4.69, 9.17) is 22.1 Å². The van der Waals surface area contributed by atoms with Gasteiger partial charge in [0.05, 0.1) is 18.4 Å². The van der Waals surface area contributed by atoms with Gasteiger partial charge in [-0.15, -0.1) is 0 Å². The molecule has 3 N–H and O–H groups in total. The predicted molar refractivity (Wildman–Crippen MR) is 108 cm³/mol. The van der Waals surface area contributed by atoms with Gasteiger partial charge in [-0.3, -0.25) is 9.78 Å². The first kappa shape index (κ1) is 18.7. The van der Waals surface area contributed by atoms with Crippen LogP contribution in [0.1, 0.15) is 28.9 Å². The van der Waals surface area contributed by atoms with Gasteiger partial charge in [0.1, 0.15) is 0 Å². The molecule has 0 saturated heterocycles. The zero-order valence-electron chi connectivity index (χ0n) is 15.1. The number of anilines is 1. The molecule has 138 valence electrons. The number of rotatable bonds is 6. The molecule has 0 aliphatic heterocycles. The minimum absolute atomic E-state index is 0.0557. The normalized spacial score (nSPS) is 11.7. The summed E-state index contributed by atoms with van der Waals surface area (Å²) in [6.45, 7) is 2.02. The lowest BCUT2D eigenvalue weighted by molar-refractivity contribution is 0.0997. The molecule has 0 radical (unpaired) electrons. The lowest BCUT2D eigenvalue weighted by Crippen LogP contribution is -2.15. The Bertz CT molecular complexity index is 961. The van der Waals surface area contributed by atoms with Gasteiger partial charge in [0.15, 0.2) is 5.75 Å². The van der Waals surface area contributed by atoms with Gasteiger partial charge >= 0.3 is 0 Å². The molecule has 27 heavy (non-hydrogen) atoms. The lowest BCUT2D eigenvalue weighted by atomic mass is 10.0. The number of carbonyl (C=O) groups excluding carboxylic acids is 1. The summed E-state index contributed by atoms with van der Waals surface area (Å²) in [4.78, 5) is 15.8. The van der Waals surface area contributed by atoms with Crippen molar-refractivity contribution in [2.24, 2.45) is 5.73 Å². The van der Waals surface area contributed by atoms with E-state index in [0.717, 1.165) is 16.7 Å². The third-order valence-corrected chi connectivity index (χ3v) is 4.51. The number of halogens is 1. The Labute approximate surface area is 163 Å². The average Bonchev–Trinajstić information content (AvgIpc) is 2.68. The van der Waals surface area contributed by atoms with Crippen molar-refractivity contribution in [3.05, 3.63) is 77.1 Å². The van der Waals surface area contributed by atoms with E-state index in [9.17, 15) is 4.79 Å². The zero-order valence-corrected chi connectivity index (χ0v) is 15.8. The highest BCUT2D eigenvalue weighted by Gasteiger charge is 2.17. The molecule has 0 aliphatic rings. The van der Waals surface area contributed by atoms with Gasteiger partial charge in [-0.1, -0.05) is 29.8 Å². The zero-order chi connectivity index (χ0) is 19.4. The Morgan fingerprint density at radius 1 is 1.15 bits per heavy atom. The van der Waals surface area contributed by atoms with Crippen LogP contribution in [-0.2, 0) is 0 Å². The topological polar surface area (TPSA) is 77.2 Å². The minimum atomic E-state index is -0.593. The van der Waals surface area contributed by atoms with Crippen molar-refractivity contribution < 1.29 is 9.53 Å². The maximum atomic E-state index is 11.7. The van der Waals surface area contributed by atoms with Crippen LogP contribution in [-0.4, -0.2) is 18.0 Å². The van der Waals surface area contributed by atoms with Gasteiger partial charge in [0.2, 0.25) is 0 Å². The Kier molecular flexibility index (Phi) is 5.62. The van der Waals surface area contributed by atoms with E-state index in [-0.39, 0.29) is 11.6 Å². The van der Waals surface area contributed by atoms with E-state index < -0.39 is 5.91 Å². The van der Waals surface area contributed by atoms with Gasteiger partial charge in [0.25, 0.3) is 5.91 Å². The molecule has 0 bridgehead atoms. The fourth-order valence-corrected chi connectivity index (χ4v) is 3.17. The fourth-order valence-electron chi connectivity index (χ4n) is 2.95. The average molecular weight is 382 g/mol. The number of ether oxygens (including phenoxy) is 1. The first-order chi connectivity index (χ1) is 13.0. The van der Waals surface area contributed by atoms with Crippen molar-refractivity contribution in [2.75, 3.05) is 12.4 Å². The van der Waals surface area contributed by atoms with Gasteiger partial charge in [-0.2, -0.15) is 0 Å².